The summed E-state index contributed by atoms with van der Waals surface area (Å²) in [6.45, 7) is -1.33. The molecule has 11 nitrogen and oxygen atoms in total. The normalized spacial score (nSPS) is 12.4. The van der Waals surface area contributed by atoms with Gasteiger partial charge in [0.2, 0.25) is 0 Å². The number of nitrogens with one attached hydrogen (secondary N) is 1. The van der Waals surface area contributed by atoms with E-state index in [4.69, 9.17) is 9.47 Å². The molecule has 3 rings (SSSR count). The number of imide groups is 1. The fraction of sp³-hybridized carbons (Fsp3) is 0.158. The zero-order chi connectivity index (χ0) is 21.8. The van der Waals surface area contributed by atoms with E-state index in [0.717, 1.165) is 11.0 Å². The van der Waals surface area contributed by atoms with Gasteiger partial charge in [-0.05, 0) is 18.2 Å². The van der Waals surface area contributed by atoms with Gasteiger partial charge < -0.3 is 14.8 Å². The SMILES string of the molecule is COc1cc([N+](=O)[O-])ccc1NC(=O)COC(=O)CN1C(=O)c2ccccc2C1=O. The summed E-state index contributed by atoms with van der Waals surface area (Å²) in [6, 6.07) is 9.73. The van der Waals surface area contributed by atoms with Gasteiger partial charge in [0.05, 0.1) is 34.9 Å². The van der Waals surface area contributed by atoms with E-state index in [1.165, 1.54) is 31.4 Å². The number of esters is 1. The Kier molecular flexibility index (Phi) is 5.72. The zero-order valence-corrected chi connectivity index (χ0v) is 15.6. The Balaban J connectivity index is 1.56. The molecule has 2 aromatic carbocycles. The standard InChI is InChI=1S/C19H15N3O8/c1-29-15-8-11(22(27)28)6-7-14(15)20-16(23)10-30-17(24)9-21-18(25)12-4-2-3-5-13(12)19(21)26/h2-8H,9-10H2,1H3,(H,20,23). The third-order valence-electron chi connectivity index (χ3n) is 4.20. The highest BCUT2D eigenvalue weighted by Gasteiger charge is 2.36. The number of nitro benzene ring substituents is 1. The van der Waals surface area contributed by atoms with Crippen LogP contribution in [0.15, 0.2) is 42.5 Å². The second-order valence-corrected chi connectivity index (χ2v) is 6.09. The molecule has 0 spiro atoms. The minimum absolute atomic E-state index is 0.0508. The minimum atomic E-state index is -0.949. The molecule has 0 atom stereocenters. The molecular formula is C19H15N3O8. The zero-order valence-electron chi connectivity index (χ0n) is 15.6. The summed E-state index contributed by atoms with van der Waals surface area (Å²) in [7, 11) is 1.27. The largest absolute Gasteiger partial charge is 0.494 e. The van der Waals surface area contributed by atoms with Crippen LogP contribution in [0.3, 0.4) is 0 Å². The lowest BCUT2D eigenvalue weighted by Gasteiger charge is -2.13. The average Bonchev–Trinajstić information content (AvgIpc) is 2.97. The maximum Gasteiger partial charge on any atom is 0.326 e. The van der Waals surface area contributed by atoms with E-state index in [-0.39, 0.29) is 28.3 Å². The van der Waals surface area contributed by atoms with Gasteiger partial charge in [-0.1, -0.05) is 12.1 Å². The lowest BCUT2D eigenvalue weighted by atomic mass is 10.1. The monoisotopic (exact) mass is 413 g/mol. The number of ether oxygens (including phenoxy) is 2. The Labute approximate surface area is 169 Å². The topological polar surface area (TPSA) is 145 Å². The predicted octanol–water partition coefficient (Wildman–Crippen LogP) is 1.38. The number of carbonyl (C=O) groups excluding carboxylic acids is 4. The maximum atomic E-state index is 12.2. The molecule has 30 heavy (non-hydrogen) atoms. The van der Waals surface area contributed by atoms with Crippen molar-refractivity contribution in [2.45, 2.75) is 0 Å². The summed E-state index contributed by atoms with van der Waals surface area (Å²) in [5.41, 5.74) is 0.304. The number of carbonyl (C=O) groups is 4. The molecule has 0 saturated carbocycles. The molecular weight excluding hydrogens is 398 g/mol. The maximum absolute atomic E-state index is 12.2. The van der Waals surface area contributed by atoms with Crippen LogP contribution < -0.4 is 10.1 Å². The minimum Gasteiger partial charge on any atom is -0.494 e. The van der Waals surface area contributed by atoms with Crippen LogP contribution in [0.5, 0.6) is 5.75 Å². The highest BCUT2D eigenvalue weighted by Crippen LogP contribution is 2.29. The molecule has 1 N–H and O–H groups in total. The van der Waals surface area contributed by atoms with Crippen molar-refractivity contribution in [3.05, 3.63) is 63.7 Å². The first-order chi connectivity index (χ1) is 14.3. The summed E-state index contributed by atoms with van der Waals surface area (Å²) < 4.78 is 9.82. The van der Waals surface area contributed by atoms with Crippen molar-refractivity contribution in [3.8, 4) is 5.75 Å². The lowest BCUT2D eigenvalue weighted by molar-refractivity contribution is -0.384. The van der Waals surface area contributed by atoms with Crippen molar-refractivity contribution < 1.29 is 33.6 Å². The number of methoxy groups -OCH3 is 1. The Bertz CT molecular complexity index is 1030. The van der Waals surface area contributed by atoms with E-state index in [0.29, 0.717) is 0 Å². The summed E-state index contributed by atoms with van der Waals surface area (Å²) in [5.74, 6) is -2.87. The highest BCUT2D eigenvalue weighted by molar-refractivity contribution is 6.22. The number of non-ortho nitro benzene ring substituents is 1. The molecule has 0 radical (unpaired) electrons. The van der Waals surface area contributed by atoms with Gasteiger partial charge in [0.1, 0.15) is 12.3 Å². The van der Waals surface area contributed by atoms with Crippen molar-refractivity contribution in [2.24, 2.45) is 0 Å². The van der Waals surface area contributed by atoms with Crippen LogP contribution in [0.2, 0.25) is 0 Å². The predicted molar refractivity (Wildman–Crippen MR) is 101 cm³/mol. The number of amides is 3. The Morgan fingerprint density at radius 2 is 1.73 bits per heavy atom. The van der Waals surface area contributed by atoms with Crippen LogP contribution in [0.25, 0.3) is 0 Å². The van der Waals surface area contributed by atoms with Crippen LogP contribution >= 0.6 is 0 Å². The smallest absolute Gasteiger partial charge is 0.326 e. The van der Waals surface area contributed by atoms with E-state index in [1.807, 2.05) is 0 Å². The molecule has 0 fully saturated rings. The number of benzene rings is 2. The van der Waals surface area contributed by atoms with Gasteiger partial charge in [-0.25, -0.2) is 0 Å². The molecule has 1 aliphatic heterocycles. The van der Waals surface area contributed by atoms with Crippen LogP contribution in [-0.2, 0) is 14.3 Å². The number of hydrogen-bond acceptors (Lipinski definition) is 8. The first-order valence-corrected chi connectivity index (χ1v) is 8.55. The summed E-state index contributed by atoms with van der Waals surface area (Å²) in [5, 5.41) is 13.2. The molecule has 0 aromatic heterocycles. The molecule has 3 amide bonds. The molecule has 2 aromatic rings. The van der Waals surface area contributed by atoms with Crippen molar-refractivity contribution in [1.29, 1.82) is 0 Å². The van der Waals surface area contributed by atoms with Gasteiger partial charge >= 0.3 is 5.97 Å². The summed E-state index contributed by atoms with van der Waals surface area (Å²) in [4.78, 5) is 59.4. The van der Waals surface area contributed by atoms with E-state index >= 15 is 0 Å². The van der Waals surface area contributed by atoms with E-state index in [9.17, 15) is 29.3 Å². The molecule has 0 bridgehead atoms. The molecule has 0 aliphatic carbocycles. The number of hydrogen-bond donors (Lipinski definition) is 1. The quantitative estimate of drug-likeness (QED) is 0.310. The molecule has 11 heteroatoms. The van der Waals surface area contributed by atoms with Crippen LogP contribution in [0.1, 0.15) is 20.7 Å². The second-order valence-electron chi connectivity index (χ2n) is 6.09. The highest BCUT2D eigenvalue weighted by atomic mass is 16.6. The van der Waals surface area contributed by atoms with E-state index in [1.54, 1.807) is 12.1 Å². The average molecular weight is 413 g/mol. The van der Waals surface area contributed by atoms with Gasteiger partial charge in [-0.2, -0.15) is 0 Å². The molecule has 1 heterocycles. The Morgan fingerprint density at radius 3 is 2.30 bits per heavy atom. The van der Waals surface area contributed by atoms with Crippen molar-refractivity contribution in [1.82, 2.24) is 4.90 Å². The van der Waals surface area contributed by atoms with Crippen LogP contribution in [-0.4, -0.2) is 53.8 Å². The van der Waals surface area contributed by atoms with Gasteiger partial charge in [0.25, 0.3) is 23.4 Å². The summed E-state index contributed by atoms with van der Waals surface area (Å²) >= 11 is 0. The fourth-order valence-corrected chi connectivity index (χ4v) is 2.79. The second kappa shape index (κ2) is 8.39. The first kappa shape index (κ1) is 20.5. The van der Waals surface area contributed by atoms with Crippen molar-refractivity contribution in [3.63, 3.8) is 0 Å². The Morgan fingerprint density at radius 1 is 1.10 bits per heavy atom. The number of nitro groups is 1. The fourth-order valence-electron chi connectivity index (χ4n) is 2.79. The van der Waals surface area contributed by atoms with Crippen molar-refractivity contribution >= 4 is 35.1 Å². The molecule has 0 saturated heterocycles. The number of rotatable bonds is 7. The van der Waals surface area contributed by atoms with Gasteiger partial charge in [-0.15, -0.1) is 0 Å². The van der Waals surface area contributed by atoms with Gasteiger partial charge in [0, 0.05) is 6.07 Å². The number of anilines is 1. The van der Waals surface area contributed by atoms with Crippen molar-refractivity contribution in [2.75, 3.05) is 25.6 Å². The summed E-state index contributed by atoms with van der Waals surface area (Å²) in [6.07, 6.45) is 0. The molecule has 1 aliphatic rings. The molecule has 154 valence electrons. The van der Waals surface area contributed by atoms with Gasteiger partial charge in [0.15, 0.2) is 6.61 Å². The van der Waals surface area contributed by atoms with Crippen LogP contribution in [0, 0.1) is 10.1 Å². The lowest BCUT2D eigenvalue weighted by Crippen LogP contribution is -2.36. The third kappa shape index (κ3) is 4.09. The Hall–Kier alpha value is -4.28. The van der Waals surface area contributed by atoms with E-state index < -0.39 is 41.8 Å². The third-order valence-corrected chi connectivity index (χ3v) is 4.20. The number of nitrogens with zero attached hydrogens (tertiary/aromatic N) is 2. The first-order valence-electron chi connectivity index (χ1n) is 8.55. The van der Waals surface area contributed by atoms with E-state index in [2.05, 4.69) is 5.32 Å². The number of fused-ring (bicyclic) bond motifs is 1. The van der Waals surface area contributed by atoms with Gasteiger partial charge in [-0.3, -0.25) is 34.2 Å². The van der Waals surface area contributed by atoms with Crippen LogP contribution in [0.4, 0.5) is 11.4 Å². The molecule has 0 unspecified atom stereocenters.